The van der Waals surface area contributed by atoms with E-state index in [1.165, 1.54) is 0 Å². The van der Waals surface area contributed by atoms with Crippen LogP contribution in [0.4, 0.5) is 0 Å². The largest absolute Gasteiger partial charge is 0.396 e. The molecular formula is C10H13N3O. The van der Waals surface area contributed by atoms with E-state index in [0.29, 0.717) is 13.0 Å². The summed E-state index contributed by atoms with van der Waals surface area (Å²) in [4.78, 5) is 4.22. The number of nitrogens with zero attached hydrogens (tertiary/aromatic N) is 2. The molecule has 0 aliphatic rings. The van der Waals surface area contributed by atoms with Crippen molar-refractivity contribution < 1.29 is 5.11 Å². The minimum atomic E-state index is 0.123. The molecule has 2 heterocycles. The van der Waals surface area contributed by atoms with E-state index in [0.717, 1.165) is 16.9 Å². The van der Waals surface area contributed by atoms with Gasteiger partial charge in [0.25, 0.3) is 0 Å². The van der Waals surface area contributed by atoms with Gasteiger partial charge in [-0.3, -0.25) is 0 Å². The third kappa shape index (κ3) is 1.49. The summed E-state index contributed by atoms with van der Waals surface area (Å²) in [6, 6.07) is 3.98. The quantitative estimate of drug-likeness (QED) is 0.734. The number of aromatic nitrogens is 2. The third-order valence-corrected chi connectivity index (χ3v) is 2.24. The minimum Gasteiger partial charge on any atom is -0.396 e. The van der Waals surface area contributed by atoms with Crippen LogP contribution in [0.25, 0.3) is 5.52 Å². The molecule has 14 heavy (non-hydrogen) atoms. The zero-order valence-corrected chi connectivity index (χ0v) is 7.85. The van der Waals surface area contributed by atoms with E-state index in [4.69, 9.17) is 10.8 Å². The second-order valence-corrected chi connectivity index (χ2v) is 3.18. The highest BCUT2D eigenvalue weighted by molar-refractivity contribution is 5.48. The molecule has 0 aliphatic carbocycles. The molecule has 0 saturated heterocycles. The van der Waals surface area contributed by atoms with Gasteiger partial charge in [0.15, 0.2) is 0 Å². The van der Waals surface area contributed by atoms with E-state index < -0.39 is 0 Å². The molecule has 74 valence electrons. The van der Waals surface area contributed by atoms with Crippen LogP contribution >= 0.6 is 0 Å². The molecule has 0 radical (unpaired) electrons. The summed E-state index contributed by atoms with van der Waals surface area (Å²) in [5.41, 5.74) is 7.65. The predicted molar refractivity (Wildman–Crippen MR) is 53.9 cm³/mol. The van der Waals surface area contributed by atoms with Crippen molar-refractivity contribution in [3.8, 4) is 0 Å². The second-order valence-electron chi connectivity index (χ2n) is 3.18. The molecule has 3 N–H and O–H groups in total. The molecule has 2 aromatic rings. The monoisotopic (exact) mass is 191 g/mol. The summed E-state index contributed by atoms with van der Waals surface area (Å²) in [5, 5.41) is 8.82. The van der Waals surface area contributed by atoms with Gasteiger partial charge in [0, 0.05) is 19.2 Å². The Morgan fingerprint density at radius 2 is 2.36 bits per heavy atom. The Hall–Kier alpha value is -1.39. The van der Waals surface area contributed by atoms with Crippen LogP contribution in [0.5, 0.6) is 0 Å². The van der Waals surface area contributed by atoms with Gasteiger partial charge in [-0.15, -0.1) is 0 Å². The van der Waals surface area contributed by atoms with Crippen molar-refractivity contribution >= 4 is 5.52 Å². The minimum absolute atomic E-state index is 0.123. The fourth-order valence-electron chi connectivity index (χ4n) is 1.51. The van der Waals surface area contributed by atoms with Crippen LogP contribution in [0.1, 0.15) is 11.4 Å². The van der Waals surface area contributed by atoms with Crippen LogP contribution < -0.4 is 5.73 Å². The maximum absolute atomic E-state index is 8.82. The first-order chi connectivity index (χ1) is 6.85. The van der Waals surface area contributed by atoms with E-state index >= 15 is 0 Å². The van der Waals surface area contributed by atoms with Crippen molar-refractivity contribution in [2.24, 2.45) is 5.73 Å². The molecule has 0 amide bonds. The average molecular weight is 191 g/mol. The van der Waals surface area contributed by atoms with E-state index in [1.54, 1.807) is 6.20 Å². The van der Waals surface area contributed by atoms with Crippen LogP contribution in [0.15, 0.2) is 24.5 Å². The van der Waals surface area contributed by atoms with Crippen molar-refractivity contribution in [1.29, 1.82) is 0 Å². The van der Waals surface area contributed by atoms with Gasteiger partial charge >= 0.3 is 0 Å². The lowest BCUT2D eigenvalue weighted by molar-refractivity contribution is 0.296. The smallest absolute Gasteiger partial charge is 0.115 e. The van der Waals surface area contributed by atoms with E-state index in [9.17, 15) is 0 Å². The Bertz CT molecular complexity index is 436. The maximum Gasteiger partial charge on any atom is 0.115 e. The average Bonchev–Trinajstić information content (AvgIpc) is 2.61. The molecule has 2 aromatic heterocycles. The highest BCUT2D eigenvalue weighted by atomic mass is 16.3. The summed E-state index contributed by atoms with van der Waals surface area (Å²) in [7, 11) is 0. The number of pyridine rings is 1. The molecular weight excluding hydrogens is 178 g/mol. The Kier molecular flexibility index (Phi) is 2.47. The van der Waals surface area contributed by atoms with Crippen LogP contribution in [-0.2, 0) is 13.0 Å². The van der Waals surface area contributed by atoms with Gasteiger partial charge in [0.2, 0.25) is 0 Å². The summed E-state index contributed by atoms with van der Waals surface area (Å²) >= 11 is 0. The van der Waals surface area contributed by atoms with Gasteiger partial charge in [-0.05, 0) is 17.7 Å². The van der Waals surface area contributed by atoms with E-state index in [-0.39, 0.29) is 6.61 Å². The molecule has 0 bridgehead atoms. The molecule has 0 aromatic carbocycles. The highest BCUT2D eigenvalue weighted by Gasteiger charge is 2.02. The topological polar surface area (TPSA) is 63.5 Å². The van der Waals surface area contributed by atoms with Gasteiger partial charge in [0.1, 0.15) is 5.82 Å². The SMILES string of the molecule is NCc1ccn2c(CCO)ncc2c1. The first-order valence-electron chi connectivity index (χ1n) is 4.61. The molecule has 0 fully saturated rings. The van der Waals surface area contributed by atoms with Crippen LogP contribution in [0.2, 0.25) is 0 Å². The third-order valence-electron chi connectivity index (χ3n) is 2.24. The Balaban J connectivity index is 2.48. The molecule has 2 rings (SSSR count). The molecule has 0 unspecified atom stereocenters. The van der Waals surface area contributed by atoms with Crippen LogP contribution in [-0.4, -0.2) is 21.1 Å². The normalized spacial score (nSPS) is 11.0. The molecule has 0 aliphatic heterocycles. The Morgan fingerprint density at radius 1 is 1.50 bits per heavy atom. The van der Waals surface area contributed by atoms with Gasteiger partial charge < -0.3 is 15.2 Å². The number of hydrogen-bond donors (Lipinski definition) is 2. The number of hydrogen-bond acceptors (Lipinski definition) is 3. The summed E-state index contributed by atoms with van der Waals surface area (Å²) < 4.78 is 1.97. The zero-order valence-electron chi connectivity index (χ0n) is 7.85. The van der Waals surface area contributed by atoms with Crippen molar-refractivity contribution in [1.82, 2.24) is 9.38 Å². The lowest BCUT2D eigenvalue weighted by Gasteiger charge is -2.01. The van der Waals surface area contributed by atoms with Crippen LogP contribution in [0, 0.1) is 0 Å². The number of aliphatic hydroxyl groups excluding tert-OH is 1. The van der Waals surface area contributed by atoms with Crippen molar-refractivity contribution in [2.45, 2.75) is 13.0 Å². The summed E-state index contributed by atoms with van der Waals surface area (Å²) in [6.07, 6.45) is 4.32. The highest BCUT2D eigenvalue weighted by Crippen LogP contribution is 2.09. The van der Waals surface area contributed by atoms with Crippen molar-refractivity contribution in [2.75, 3.05) is 6.61 Å². The number of rotatable bonds is 3. The van der Waals surface area contributed by atoms with Gasteiger partial charge in [-0.1, -0.05) is 0 Å². The van der Waals surface area contributed by atoms with Gasteiger partial charge in [-0.25, -0.2) is 4.98 Å². The number of fused-ring (bicyclic) bond motifs is 1. The van der Waals surface area contributed by atoms with Gasteiger partial charge in [0.05, 0.1) is 18.3 Å². The maximum atomic E-state index is 8.82. The lowest BCUT2D eigenvalue weighted by Crippen LogP contribution is -2.00. The standard InChI is InChI=1S/C10H13N3O/c11-6-8-1-3-13-9(5-8)7-12-10(13)2-4-14/h1,3,5,7,14H,2,4,6,11H2. The number of nitrogens with two attached hydrogens (primary N) is 1. The first-order valence-corrected chi connectivity index (χ1v) is 4.61. The first kappa shape index (κ1) is 9.18. The van der Waals surface area contributed by atoms with Crippen molar-refractivity contribution in [3.63, 3.8) is 0 Å². The van der Waals surface area contributed by atoms with Crippen LogP contribution in [0.3, 0.4) is 0 Å². The van der Waals surface area contributed by atoms with Crippen molar-refractivity contribution in [3.05, 3.63) is 35.9 Å². The Labute approximate surface area is 82.0 Å². The van der Waals surface area contributed by atoms with E-state index in [1.807, 2.05) is 22.7 Å². The number of aliphatic hydroxyl groups is 1. The van der Waals surface area contributed by atoms with Gasteiger partial charge in [-0.2, -0.15) is 0 Å². The fraction of sp³-hybridized carbons (Fsp3) is 0.300. The predicted octanol–water partition coefficient (Wildman–Crippen LogP) is 0.328. The number of imidazole rings is 1. The molecule has 0 saturated carbocycles. The molecule has 4 heteroatoms. The second kappa shape index (κ2) is 3.77. The molecule has 4 nitrogen and oxygen atoms in total. The van der Waals surface area contributed by atoms with E-state index in [2.05, 4.69) is 4.98 Å². The zero-order chi connectivity index (χ0) is 9.97. The fourth-order valence-corrected chi connectivity index (χ4v) is 1.51. The molecule has 0 atom stereocenters. The summed E-state index contributed by atoms with van der Waals surface area (Å²) in [6.45, 7) is 0.661. The molecule has 0 spiro atoms. The Morgan fingerprint density at radius 3 is 3.07 bits per heavy atom. The lowest BCUT2D eigenvalue weighted by atomic mass is 10.2. The summed E-state index contributed by atoms with van der Waals surface area (Å²) in [5.74, 6) is 0.881.